The van der Waals surface area contributed by atoms with Crippen molar-refractivity contribution in [3.63, 3.8) is 0 Å². The van der Waals surface area contributed by atoms with Crippen molar-refractivity contribution < 1.29 is 14.3 Å². The van der Waals surface area contributed by atoms with E-state index in [4.69, 9.17) is 4.74 Å². The average Bonchev–Trinajstić information content (AvgIpc) is 2.64. The van der Waals surface area contributed by atoms with Gasteiger partial charge in [-0.05, 0) is 30.8 Å². The summed E-state index contributed by atoms with van der Waals surface area (Å²) in [6.45, 7) is 4.15. The Morgan fingerprint density at radius 3 is 2.25 bits per heavy atom. The summed E-state index contributed by atoms with van der Waals surface area (Å²) in [6.07, 6.45) is 0. The Balaban J connectivity index is 1.82. The van der Waals surface area contributed by atoms with Gasteiger partial charge in [-0.15, -0.1) is 0 Å². The van der Waals surface area contributed by atoms with Crippen LogP contribution >= 0.6 is 0 Å². The lowest BCUT2D eigenvalue weighted by molar-refractivity contribution is -0.123. The molecular weight excluding hydrogens is 304 g/mol. The highest BCUT2D eigenvalue weighted by molar-refractivity contribution is 6.08. The van der Waals surface area contributed by atoms with Gasteiger partial charge in [0.15, 0.2) is 12.4 Å². The first-order valence-corrected chi connectivity index (χ1v) is 8.00. The van der Waals surface area contributed by atoms with E-state index < -0.39 is 0 Å². The van der Waals surface area contributed by atoms with E-state index in [1.54, 1.807) is 36.4 Å². The first kappa shape index (κ1) is 17.7. The van der Waals surface area contributed by atoms with E-state index in [9.17, 15) is 9.59 Å². The van der Waals surface area contributed by atoms with E-state index in [-0.39, 0.29) is 18.3 Å². The molecule has 2 N–H and O–H groups in total. The molecule has 0 radical (unpaired) electrons. The lowest BCUT2D eigenvalue weighted by atomic mass is 10.0. The van der Waals surface area contributed by atoms with Crippen molar-refractivity contribution in [3.05, 3.63) is 65.7 Å². The number of carbonyl (C=O) groups is 2. The molecule has 0 saturated carbocycles. The second kappa shape index (κ2) is 9.47. The summed E-state index contributed by atoms with van der Waals surface area (Å²) in [7, 11) is 0. The van der Waals surface area contributed by atoms with Gasteiger partial charge in [0.1, 0.15) is 5.75 Å². The molecule has 0 atom stereocenters. The largest absolute Gasteiger partial charge is 0.484 e. The first-order valence-electron chi connectivity index (χ1n) is 8.00. The minimum atomic E-state index is -0.169. The fraction of sp³-hybridized carbons (Fsp3) is 0.263. The van der Waals surface area contributed by atoms with Gasteiger partial charge in [0.25, 0.3) is 5.91 Å². The Hall–Kier alpha value is -2.66. The number of likely N-dealkylation sites (N-methyl/N-ethyl adjacent to an activating group) is 1. The molecule has 0 heterocycles. The highest BCUT2D eigenvalue weighted by Crippen LogP contribution is 2.15. The number of rotatable bonds is 9. The topological polar surface area (TPSA) is 67.4 Å². The van der Waals surface area contributed by atoms with E-state index >= 15 is 0 Å². The quantitative estimate of drug-likeness (QED) is 0.546. The van der Waals surface area contributed by atoms with E-state index in [1.807, 2.05) is 25.1 Å². The van der Waals surface area contributed by atoms with Crippen LogP contribution < -0.4 is 15.4 Å². The van der Waals surface area contributed by atoms with Crippen LogP contribution in [0.5, 0.6) is 5.75 Å². The Morgan fingerprint density at radius 2 is 1.58 bits per heavy atom. The van der Waals surface area contributed by atoms with Crippen LogP contribution in [-0.4, -0.2) is 37.9 Å². The molecule has 0 fully saturated rings. The molecule has 2 aromatic rings. The van der Waals surface area contributed by atoms with Crippen molar-refractivity contribution in [2.45, 2.75) is 6.92 Å². The van der Waals surface area contributed by atoms with Crippen LogP contribution in [0, 0.1) is 0 Å². The fourth-order valence-electron chi connectivity index (χ4n) is 2.13. The number of carbonyl (C=O) groups excluding carboxylic acids is 2. The first-order chi connectivity index (χ1) is 11.7. The van der Waals surface area contributed by atoms with Gasteiger partial charge in [0.05, 0.1) is 0 Å². The molecule has 5 heteroatoms. The van der Waals surface area contributed by atoms with Crippen LogP contribution in [0.2, 0.25) is 0 Å². The van der Waals surface area contributed by atoms with Crippen LogP contribution in [0.1, 0.15) is 22.8 Å². The molecule has 24 heavy (non-hydrogen) atoms. The molecule has 0 bridgehead atoms. The Labute approximate surface area is 142 Å². The molecule has 0 unspecified atom stereocenters. The van der Waals surface area contributed by atoms with Crippen LogP contribution in [0.3, 0.4) is 0 Å². The van der Waals surface area contributed by atoms with Crippen molar-refractivity contribution in [1.29, 1.82) is 0 Å². The number of benzene rings is 2. The van der Waals surface area contributed by atoms with Gasteiger partial charge in [-0.25, -0.2) is 0 Å². The van der Waals surface area contributed by atoms with Crippen molar-refractivity contribution in [2.75, 3.05) is 26.2 Å². The summed E-state index contributed by atoms with van der Waals surface area (Å²) in [6, 6.07) is 15.9. The summed E-state index contributed by atoms with van der Waals surface area (Å²) in [5.41, 5.74) is 1.23. The molecule has 0 saturated heterocycles. The number of ketones is 1. The number of nitrogens with one attached hydrogen (secondary N) is 2. The highest BCUT2D eigenvalue weighted by Gasteiger charge is 2.08. The van der Waals surface area contributed by atoms with E-state index in [0.717, 1.165) is 13.1 Å². The van der Waals surface area contributed by atoms with E-state index in [2.05, 4.69) is 10.6 Å². The maximum atomic E-state index is 12.3. The monoisotopic (exact) mass is 326 g/mol. The fourth-order valence-corrected chi connectivity index (χ4v) is 2.13. The molecule has 0 aromatic heterocycles. The van der Waals surface area contributed by atoms with Crippen molar-refractivity contribution >= 4 is 11.7 Å². The smallest absolute Gasteiger partial charge is 0.257 e. The molecule has 0 spiro atoms. The maximum absolute atomic E-state index is 12.3. The summed E-state index contributed by atoms with van der Waals surface area (Å²) < 4.78 is 5.42. The average molecular weight is 326 g/mol. The van der Waals surface area contributed by atoms with Crippen LogP contribution in [0.4, 0.5) is 0 Å². The van der Waals surface area contributed by atoms with Gasteiger partial charge < -0.3 is 15.4 Å². The molecule has 0 aliphatic carbocycles. The molecular formula is C19H22N2O3. The Kier molecular flexibility index (Phi) is 6.98. The molecule has 1 amide bonds. The van der Waals surface area contributed by atoms with Gasteiger partial charge in [-0.3, -0.25) is 9.59 Å². The van der Waals surface area contributed by atoms with E-state index in [0.29, 0.717) is 23.4 Å². The molecule has 0 aliphatic heterocycles. The number of ether oxygens (including phenoxy) is 1. The lowest BCUT2D eigenvalue weighted by Gasteiger charge is -2.08. The minimum absolute atomic E-state index is 0.0386. The summed E-state index contributed by atoms with van der Waals surface area (Å²) in [5, 5.41) is 5.88. The third kappa shape index (κ3) is 5.52. The summed E-state index contributed by atoms with van der Waals surface area (Å²) in [4.78, 5) is 23.9. The zero-order valence-electron chi connectivity index (χ0n) is 13.7. The van der Waals surface area contributed by atoms with Gasteiger partial charge in [0, 0.05) is 24.2 Å². The standard InChI is InChI=1S/C19H22N2O3/c1-2-20-12-13-21-18(22)14-24-17-10-8-16(9-11-17)19(23)15-6-4-3-5-7-15/h3-11,20H,2,12-14H2,1H3,(H,21,22). The lowest BCUT2D eigenvalue weighted by Crippen LogP contribution is -2.34. The molecule has 5 nitrogen and oxygen atoms in total. The van der Waals surface area contributed by atoms with Gasteiger partial charge >= 0.3 is 0 Å². The van der Waals surface area contributed by atoms with Crippen LogP contribution in [0.25, 0.3) is 0 Å². The Bertz CT molecular complexity index is 654. The Morgan fingerprint density at radius 1 is 0.917 bits per heavy atom. The predicted molar refractivity (Wildman–Crippen MR) is 93.4 cm³/mol. The normalized spacial score (nSPS) is 10.2. The molecule has 126 valence electrons. The molecule has 0 aliphatic rings. The maximum Gasteiger partial charge on any atom is 0.257 e. The number of hydrogen-bond acceptors (Lipinski definition) is 4. The second-order valence-electron chi connectivity index (χ2n) is 5.21. The van der Waals surface area contributed by atoms with Gasteiger partial charge in [-0.1, -0.05) is 37.3 Å². The highest BCUT2D eigenvalue weighted by atomic mass is 16.5. The number of hydrogen-bond donors (Lipinski definition) is 2. The van der Waals surface area contributed by atoms with Crippen molar-refractivity contribution in [1.82, 2.24) is 10.6 Å². The zero-order valence-corrected chi connectivity index (χ0v) is 13.7. The van der Waals surface area contributed by atoms with E-state index in [1.165, 1.54) is 0 Å². The third-order valence-corrected chi connectivity index (χ3v) is 3.40. The summed E-state index contributed by atoms with van der Waals surface area (Å²) >= 11 is 0. The van der Waals surface area contributed by atoms with Crippen LogP contribution in [-0.2, 0) is 4.79 Å². The van der Waals surface area contributed by atoms with Crippen molar-refractivity contribution in [3.8, 4) is 5.75 Å². The second-order valence-corrected chi connectivity index (χ2v) is 5.21. The molecule has 2 aromatic carbocycles. The third-order valence-electron chi connectivity index (χ3n) is 3.40. The van der Waals surface area contributed by atoms with Gasteiger partial charge in [-0.2, -0.15) is 0 Å². The van der Waals surface area contributed by atoms with Crippen LogP contribution in [0.15, 0.2) is 54.6 Å². The van der Waals surface area contributed by atoms with Gasteiger partial charge in [0.2, 0.25) is 0 Å². The minimum Gasteiger partial charge on any atom is -0.484 e. The molecule has 2 rings (SSSR count). The summed E-state index contributed by atoms with van der Waals surface area (Å²) in [5.74, 6) is 0.349. The predicted octanol–water partition coefficient (Wildman–Crippen LogP) is 2.02. The number of amides is 1. The zero-order chi connectivity index (χ0) is 17.2. The van der Waals surface area contributed by atoms with Crippen molar-refractivity contribution in [2.24, 2.45) is 0 Å². The SMILES string of the molecule is CCNCCNC(=O)COc1ccc(C(=O)c2ccccc2)cc1.